The van der Waals surface area contributed by atoms with Gasteiger partial charge in [0.1, 0.15) is 11.4 Å². The van der Waals surface area contributed by atoms with Crippen molar-refractivity contribution >= 4 is 23.5 Å². The van der Waals surface area contributed by atoms with Gasteiger partial charge in [-0.1, -0.05) is 0 Å². The highest BCUT2D eigenvalue weighted by Crippen LogP contribution is 2.21. The van der Waals surface area contributed by atoms with E-state index in [1.54, 1.807) is 11.1 Å². The number of amides is 1. The molecule has 1 saturated heterocycles. The first kappa shape index (κ1) is 21.5. The Morgan fingerprint density at radius 1 is 1.23 bits per heavy atom. The van der Waals surface area contributed by atoms with Gasteiger partial charge in [0.15, 0.2) is 11.6 Å². The summed E-state index contributed by atoms with van der Waals surface area (Å²) in [5.41, 5.74) is -0.518. The molecule has 0 radical (unpaired) electrons. The minimum absolute atomic E-state index is 0.129. The average Bonchev–Trinajstić information content (AvgIpc) is 3.07. The molecule has 1 aliphatic heterocycles. The number of aromatic nitrogens is 4. The van der Waals surface area contributed by atoms with E-state index in [4.69, 9.17) is 4.74 Å². The number of anilines is 3. The smallest absolute Gasteiger partial charge is 0.410 e. The molecule has 0 atom stereocenters. The van der Waals surface area contributed by atoms with Gasteiger partial charge in [-0.15, -0.1) is 0 Å². The number of carbonyl (C=O) groups is 1. The van der Waals surface area contributed by atoms with Gasteiger partial charge >= 0.3 is 12.7 Å². The van der Waals surface area contributed by atoms with E-state index in [0.717, 1.165) is 12.8 Å². The lowest BCUT2D eigenvalue weighted by Gasteiger charge is -2.33. The number of piperidine rings is 1. The molecule has 3 N–H and O–H groups in total. The van der Waals surface area contributed by atoms with Crippen molar-refractivity contribution in [2.75, 3.05) is 23.7 Å². The van der Waals surface area contributed by atoms with Crippen LogP contribution in [-0.2, 0) is 4.74 Å². The minimum atomic E-state index is -2.94. The van der Waals surface area contributed by atoms with Crippen LogP contribution >= 0.6 is 0 Å². The number of carbonyl (C=O) groups excluding carboxylic acids is 1. The number of hydrogen-bond acceptors (Lipinski definition) is 8. The van der Waals surface area contributed by atoms with Crippen molar-refractivity contribution < 1.29 is 23.0 Å². The maximum absolute atomic E-state index is 12.2. The zero-order valence-corrected chi connectivity index (χ0v) is 17.0. The lowest BCUT2D eigenvalue weighted by atomic mass is 10.1. The zero-order valence-electron chi connectivity index (χ0n) is 17.0. The van der Waals surface area contributed by atoms with E-state index in [1.807, 2.05) is 20.8 Å². The average molecular weight is 425 g/mol. The number of nitrogens with one attached hydrogen (secondary N) is 3. The summed E-state index contributed by atoms with van der Waals surface area (Å²) in [4.78, 5) is 22.4. The van der Waals surface area contributed by atoms with Gasteiger partial charge in [-0.25, -0.2) is 14.9 Å². The summed E-state index contributed by atoms with van der Waals surface area (Å²) in [6.07, 6.45) is 4.25. The van der Waals surface area contributed by atoms with Gasteiger partial charge in [0.2, 0.25) is 5.88 Å². The number of ether oxygens (including phenoxy) is 2. The Kier molecular flexibility index (Phi) is 6.53. The van der Waals surface area contributed by atoms with Crippen LogP contribution in [0.3, 0.4) is 0 Å². The summed E-state index contributed by atoms with van der Waals surface area (Å²) < 4.78 is 34.1. The summed E-state index contributed by atoms with van der Waals surface area (Å²) >= 11 is 0. The molecule has 3 rings (SSSR count). The molecule has 0 aromatic carbocycles. The van der Waals surface area contributed by atoms with E-state index in [-0.39, 0.29) is 23.8 Å². The van der Waals surface area contributed by atoms with E-state index in [2.05, 4.69) is 35.5 Å². The second-order valence-electron chi connectivity index (χ2n) is 7.80. The highest BCUT2D eigenvalue weighted by molar-refractivity contribution is 5.68. The summed E-state index contributed by atoms with van der Waals surface area (Å²) in [7, 11) is 0. The number of rotatable bonds is 6. The number of hydrogen-bond donors (Lipinski definition) is 3. The molecule has 1 aliphatic rings. The lowest BCUT2D eigenvalue weighted by Crippen LogP contribution is -2.44. The van der Waals surface area contributed by atoms with Crippen molar-refractivity contribution in [3.05, 3.63) is 18.5 Å². The van der Waals surface area contributed by atoms with Gasteiger partial charge < -0.3 is 25.0 Å². The third kappa shape index (κ3) is 6.42. The molecule has 164 valence electrons. The molecule has 1 fully saturated rings. The number of aromatic amines is 1. The summed E-state index contributed by atoms with van der Waals surface area (Å²) in [5.74, 6) is 1.05. The zero-order chi connectivity index (χ0) is 21.7. The van der Waals surface area contributed by atoms with Crippen LogP contribution in [0.5, 0.6) is 5.88 Å². The van der Waals surface area contributed by atoms with E-state index >= 15 is 0 Å². The molecule has 1 amide bonds. The molecule has 30 heavy (non-hydrogen) atoms. The third-order valence-electron chi connectivity index (χ3n) is 4.16. The van der Waals surface area contributed by atoms with Gasteiger partial charge in [-0.2, -0.15) is 13.9 Å². The molecule has 0 spiro atoms. The molecule has 2 aromatic heterocycles. The van der Waals surface area contributed by atoms with Crippen LogP contribution < -0.4 is 15.4 Å². The fourth-order valence-electron chi connectivity index (χ4n) is 2.89. The van der Waals surface area contributed by atoms with Gasteiger partial charge in [0, 0.05) is 25.2 Å². The topological polar surface area (TPSA) is 117 Å². The predicted octanol–water partition coefficient (Wildman–Crippen LogP) is 3.36. The van der Waals surface area contributed by atoms with Crippen LogP contribution in [0.25, 0.3) is 0 Å². The van der Waals surface area contributed by atoms with Gasteiger partial charge in [0.05, 0.1) is 12.4 Å². The van der Waals surface area contributed by atoms with Crippen molar-refractivity contribution in [2.24, 2.45) is 0 Å². The molecule has 0 aliphatic carbocycles. The Morgan fingerprint density at radius 2 is 1.93 bits per heavy atom. The fraction of sp³-hybridized carbons (Fsp3) is 0.556. The Labute approximate surface area is 172 Å². The quantitative estimate of drug-likeness (QED) is 0.645. The first-order chi connectivity index (χ1) is 14.2. The largest absolute Gasteiger partial charge is 0.444 e. The normalized spacial score (nSPS) is 15.2. The highest BCUT2D eigenvalue weighted by atomic mass is 19.3. The highest BCUT2D eigenvalue weighted by Gasteiger charge is 2.27. The first-order valence-corrected chi connectivity index (χ1v) is 9.52. The van der Waals surface area contributed by atoms with Crippen LogP contribution in [-0.4, -0.2) is 62.5 Å². The number of alkyl halides is 2. The molecule has 0 bridgehead atoms. The SMILES string of the molecule is CC(C)(C)OC(=O)N1CCC(Nc2cncc(Nc3cc(OC(F)F)[nH]n3)n2)CC1. The lowest BCUT2D eigenvalue weighted by molar-refractivity contribution is -0.0528. The van der Waals surface area contributed by atoms with E-state index in [0.29, 0.717) is 24.7 Å². The molecule has 10 nitrogen and oxygen atoms in total. The van der Waals surface area contributed by atoms with Gasteiger partial charge in [-0.3, -0.25) is 4.98 Å². The number of H-pyrrole nitrogens is 1. The Bertz CT molecular complexity index is 848. The Balaban J connectivity index is 1.51. The second-order valence-corrected chi connectivity index (χ2v) is 7.80. The third-order valence-corrected chi connectivity index (χ3v) is 4.16. The van der Waals surface area contributed by atoms with E-state index < -0.39 is 12.2 Å². The van der Waals surface area contributed by atoms with Crippen LogP contribution in [0.15, 0.2) is 18.5 Å². The van der Waals surface area contributed by atoms with Crippen molar-refractivity contribution in [3.8, 4) is 5.88 Å². The number of likely N-dealkylation sites (tertiary alicyclic amines) is 1. The van der Waals surface area contributed by atoms with E-state index in [1.165, 1.54) is 12.3 Å². The number of nitrogens with zero attached hydrogens (tertiary/aromatic N) is 4. The standard InChI is InChI=1S/C18H25F2N7O3/c1-18(2,3)30-17(28)27-6-4-11(5-7-27)22-13-9-21-10-14(24-13)23-12-8-15(26-25-12)29-16(19)20/h8-11,16H,4-7H2,1-3H3,(H3,22,23,24,25,26). The molecule has 0 unspecified atom stereocenters. The minimum Gasteiger partial charge on any atom is -0.444 e. The Hall–Kier alpha value is -3.18. The van der Waals surface area contributed by atoms with Crippen molar-refractivity contribution in [3.63, 3.8) is 0 Å². The first-order valence-electron chi connectivity index (χ1n) is 9.52. The molecular formula is C18H25F2N7O3. The number of halogens is 2. The molecule has 3 heterocycles. The van der Waals surface area contributed by atoms with Crippen molar-refractivity contribution in [1.82, 2.24) is 25.1 Å². The predicted molar refractivity (Wildman–Crippen MR) is 105 cm³/mol. The molecular weight excluding hydrogens is 400 g/mol. The summed E-state index contributed by atoms with van der Waals surface area (Å²) in [5, 5.41) is 12.3. The van der Waals surface area contributed by atoms with Crippen LogP contribution in [0.4, 0.5) is 31.0 Å². The second kappa shape index (κ2) is 9.09. The molecule has 0 saturated carbocycles. The molecule has 12 heteroatoms. The van der Waals surface area contributed by atoms with Crippen LogP contribution in [0.2, 0.25) is 0 Å². The fourth-order valence-corrected chi connectivity index (χ4v) is 2.89. The van der Waals surface area contributed by atoms with Gasteiger partial charge in [-0.05, 0) is 33.6 Å². The van der Waals surface area contributed by atoms with Crippen LogP contribution in [0.1, 0.15) is 33.6 Å². The van der Waals surface area contributed by atoms with Crippen molar-refractivity contribution in [1.29, 1.82) is 0 Å². The van der Waals surface area contributed by atoms with E-state index in [9.17, 15) is 13.6 Å². The molecule has 2 aromatic rings. The summed E-state index contributed by atoms with van der Waals surface area (Å²) in [6.45, 7) is 3.75. The monoisotopic (exact) mass is 425 g/mol. The van der Waals surface area contributed by atoms with Crippen molar-refractivity contribution in [2.45, 2.75) is 51.9 Å². The summed E-state index contributed by atoms with van der Waals surface area (Å²) in [6, 6.07) is 1.42. The Morgan fingerprint density at radius 3 is 2.60 bits per heavy atom. The van der Waals surface area contributed by atoms with Crippen LogP contribution in [0, 0.1) is 0 Å². The van der Waals surface area contributed by atoms with Gasteiger partial charge in [0.25, 0.3) is 0 Å². The maximum atomic E-state index is 12.2. The maximum Gasteiger partial charge on any atom is 0.410 e.